The standard InChI is InChI=1S/C14H14BrN3O2S/c1-9-8-21-14(16-9)18-13(20)7-6-12(19)17-11-4-2-10(15)3-5-11/h2-5,8H,6-7H2,1H3,(H,17,19)(H,16,18,20). The highest BCUT2D eigenvalue weighted by atomic mass is 79.9. The number of anilines is 2. The van der Waals surface area contributed by atoms with Crippen molar-refractivity contribution in [2.45, 2.75) is 19.8 Å². The molecule has 110 valence electrons. The molecule has 1 aromatic heterocycles. The number of benzene rings is 1. The molecule has 0 saturated carbocycles. The van der Waals surface area contributed by atoms with Crippen molar-refractivity contribution in [3.05, 3.63) is 39.8 Å². The maximum atomic E-state index is 11.7. The number of hydrogen-bond acceptors (Lipinski definition) is 4. The number of thiazole rings is 1. The smallest absolute Gasteiger partial charge is 0.226 e. The first-order valence-corrected chi connectivity index (χ1v) is 7.97. The van der Waals surface area contributed by atoms with E-state index in [4.69, 9.17) is 0 Å². The molecule has 0 saturated heterocycles. The van der Waals surface area contributed by atoms with Gasteiger partial charge >= 0.3 is 0 Å². The van der Waals surface area contributed by atoms with Gasteiger partial charge in [0.2, 0.25) is 11.8 Å². The number of halogens is 1. The molecule has 2 amide bonds. The van der Waals surface area contributed by atoms with Crippen LogP contribution in [0.1, 0.15) is 18.5 Å². The average Bonchev–Trinajstić information content (AvgIpc) is 2.84. The Morgan fingerprint density at radius 2 is 1.76 bits per heavy atom. The number of nitrogens with one attached hydrogen (secondary N) is 2. The third-order valence-corrected chi connectivity index (χ3v) is 3.98. The van der Waals surface area contributed by atoms with Crippen LogP contribution in [-0.4, -0.2) is 16.8 Å². The van der Waals surface area contributed by atoms with Gasteiger partial charge in [-0.2, -0.15) is 0 Å². The van der Waals surface area contributed by atoms with Gasteiger partial charge in [0.25, 0.3) is 0 Å². The van der Waals surface area contributed by atoms with Crippen molar-refractivity contribution in [2.75, 3.05) is 10.6 Å². The third kappa shape index (κ3) is 5.28. The van der Waals surface area contributed by atoms with Gasteiger partial charge in [-0.3, -0.25) is 9.59 Å². The minimum atomic E-state index is -0.213. The van der Waals surface area contributed by atoms with Gasteiger partial charge in [0.15, 0.2) is 5.13 Å². The van der Waals surface area contributed by atoms with E-state index in [0.29, 0.717) is 10.8 Å². The second-order valence-corrected chi connectivity index (χ2v) is 6.17. The van der Waals surface area contributed by atoms with E-state index in [9.17, 15) is 9.59 Å². The molecular formula is C14H14BrN3O2S. The lowest BCUT2D eigenvalue weighted by molar-refractivity contribution is -0.121. The molecule has 7 heteroatoms. The molecule has 21 heavy (non-hydrogen) atoms. The summed E-state index contributed by atoms with van der Waals surface area (Å²) in [4.78, 5) is 27.6. The molecule has 2 N–H and O–H groups in total. The van der Waals surface area contributed by atoms with Crippen LogP contribution in [0.25, 0.3) is 0 Å². The minimum absolute atomic E-state index is 0.126. The fourth-order valence-electron chi connectivity index (χ4n) is 1.58. The molecule has 0 aliphatic carbocycles. The van der Waals surface area contributed by atoms with E-state index in [1.54, 1.807) is 12.1 Å². The second kappa shape index (κ2) is 7.33. The van der Waals surface area contributed by atoms with Crippen molar-refractivity contribution in [3.63, 3.8) is 0 Å². The third-order valence-electron chi connectivity index (χ3n) is 2.57. The summed E-state index contributed by atoms with van der Waals surface area (Å²) in [6, 6.07) is 7.26. The van der Waals surface area contributed by atoms with E-state index in [2.05, 4.69) is 31.5 Å². The van der Waals surface area contributed by atoms with Crippen molar-refractivity contribution in [2.24, 2.45) is 0 Å². The predicted molar refractivity (Wildman–Crippen MR) is 87.5 cm³/mol. The molecule has 1 aromatic carbocycles. The fraction of sp³-hybridized carbons (Fsp3) is 0.214. The number of carbonyl (C=O) groups is 2. The summed E-state index contributed by atoms with van der Waals surface area (Å²) in [5.41, 5.74) is 1.57. The zero-order valence-electron chi connectivity index (χ0n) is 11.4. The molecular weight excluding hydrogens is 354 g/mol. The Bertz CT molecular complexity index is 640. The van der Waals surface area contributed by atoms with E-state index in [-0.39, 0.29) is 24.7 Å². The number of amides is 2. The van der Waals surface area contributed by atoms with Crippen molar-refractivity contribution in [1.82, 2.24) is 4.98 Å². The SMILES string of the molecule is Cc1csc(NC(=O)CCC(=O)Nc2ccc(Br)cc2)n1. The zero-order chi connectivity index (χ0) is 15.2. The van der Waals surface area contributed by atoms with Crippen LogP contribution >= 0.6 is 27.3 Å². The number of carbonyl (C=O) groups excluding carboxylic acids is 2. The molecule has 0 atom stereocenters. The highest BCUT2D eigenvalue weighted by Gasteiger charge is 2.09. The van der Waals surface area contributed by atoms with Gasteiger partial charge in [0.05, 0.1) is 5.69 Å². The predicted octanol–water partition coefficient (Wildman–Crippen LogP) is 3.57. The fourth-order valence-corrected chi connectivity index (χ4v) is 2.55. The molecule has 0 fully saturated rings. The Hall–Kier alpha value is -1.73. The monoisotopic (exact) mass is 367 g/mol. The van der Waals surface area contributed by atoms with Crippen LogP contribution in [-0.2, 0) is 9.59 Å². The van der Waals surface area contributed by atoms with E-state index in [1.165, 1.54) is 11.3 Å². The largest absolute Gasteiger partial charge is 0.326 e. The van der Waals surface area contributed by atoms with Gasteiger partial charge in [-0.15, -0.1) is 11.3 Å². The van der Waals surface area contributed by atoms with Crippen LogP contribution in [0.3, 0.4) is 0 Å². The first-order chi connectivity index (χ1) is 10.0. The summed E-state index contributed by atoms with van der Waals surface area (Å²) in [7, 11) is 0. The number of hydrogen-bond donors (Lipinski definition) is 2. The van der Waals surface area contributed by atoms with Gasteiger partial charge in [-0.05, 0) is 31.2 Å². The Morgan fingerprint density at radius 3 is 2.33 bits per heavy atom. The van der Waals surface area contributed by atoms with Crippen molar-refractivity contribution < 1.29 is 9.59 Å². The quantitative estimate of drug-likeness (QED) is 0.848. The first kappa shape index (κ1) is 15.7. The average molecular weight is 368 g/mol. The summed E-state index contributed by atoms with van der Waals surface area (Å²) >= 11 is 4.69. The Morgan fingerprint density at radius 1 is 1.14 bits per heavy atom. The first-order valence-electron chi connectivity index (χ1n) is 6.30. The lowest BCUT2D eigenvalue weighted by atomic mass is 10.2. The molecule has 0 unspecified atom stereocenters. The van der Waals surface area contributed by atoms with Crippen LogP contribution in [0.2, 0.25) is 0 Å². The maximum absolute atomic E-state index is 11.7. The normalized spacial score (nSPS) is 10.2. The highest BCUT2D eigenvalue weighted by molar-refractivity contribution is 9.10. The summed E-state index contributed by atoms with van der Waals surface area (Å²) in [5.74, 6) is -0.405. The van der Waals surface area contributed by atoms with E-state index in [1.807, 2.05) is 24.4 Å². The van der Waals surface area contributed by atoms with E-state index in [0.717, 1.165) is 10.2 Å². The number of rotatable bonds is 5. The van der Waals surface area contributed by atoms with Crippen LogP contribution in [0, 0.1) is 6.92 Å². The minimum Gasteiger partial charge on any atom is -0.326 e. The Balaban J connectivity index is 1.75. The van der Waals surface area contributed by atoms with Gasteiger partial charge in [0.1, 0.15) is 0 Å². The van der Waals surface area contributed by atoms with Crippen molar-refractivity contribution in [1.29, 1.82) is 0 Å². The van der Waals surface area contributed by atoms with Gasteiger partial charge in [-0.1, -0.05) is 15.9 Å². The molecule has 2 rings (SSSR count). The van der Waals surface area contributed by atoms with Gasteiger partial charge < -0.3 is 10.6 Å². The zero-order valence-corrected chi connectivity index (χ0v) is 13.8. The van der Waals surface area contributed by atoms with Crippen LogP contribution in [0.15, 0.2) is 34.1 Å². The number of nitrogens with zero attached hydrogens (tertiary/aromatic N) is 1. The molecule has 0 radical (unpaired) electrons. The summed E-state index contributed by atoms with van der Waals surface area (Å²) in [6.07, 6.45) is 0.257. The molecule has 0 aliphatic heterocycles. The van der Waals surface area contributed by atoms with E-state index >= 15 is 0 Å². The number of aromatic nitrogens is 1. The van der Waals surface area contributed by atoms with Crippen molar-refractivity contribution in [3.8, 4) is 0 Å². The number of aryl methyl sites for hydroxylation is 1. The van der Waals surface area contributed by atoms with Crippen LogP contribution < -0.4 is 10.6 Å². The molecule has 0 spiro atoms. The lowest BCUT2D eigenvalue weighted by Gasteiger charge is -2.05. The maximum Gasteiger partial charge on any atom is 0.226 e. The van der Waals surface area contributed by atoms with Gasteiger partial charge in [0, 0.05) is 28.4 Å². The van der Waals surface area contributed by atoms with Crippen LogP contribution in [0.5, 0.6) is 0 Å². The second-order valence-electron chi connectivity index (χ2n) is 4.40. The van der Waals surface area contributed by atoms with Crippen molar-refractivity contribution >= 4 is 49.9 Å². The highest BCUT2D eigenvalue weighted by Crippen LogP contribution is 2.16. The van der Waals surface area contributed by atoms with Gasteiger partial charge in [-0.25, -0.2) is 4.98 Å². The lowest BCUT2D eigenvalue weighted by Crippen LogP contribution is -2.17. The molecule has 1 heterocycles. The summed E-state index contributed by atoms with van der Waals surface area (Å²) in [5, 5.41) is 7.83. The summed E-state index contributed by atoms with van der Waals surface area (Å²) < 4.78 is 0.943. The molecule has 5 nitrogen and oxygen atoms in total. The van der Waals surface area contributed by atoms with Crippen LogP contribution in [0.4, 0.5) is 10.8 Å². The van der Waals surface area contributed by atoms with E-state index < -0.39 is 0 Å². The molecule has 0 bridgehead atoms. The topological polar surface area (TPSA) is 71.1 Å². The Kier molecular flexibility index (Phi) is 5.46. The molecule has 2 aromatic rings. The summed E-state index contributed by atoms with van der Waals surface area (Å²) in [6.45, 7) is 1.86. The molecule has 0 aliphatic rings. The Labute approximate surface area is 134 Å².